The fourth-order valence-electron chi connectivity index (χ4n) is 1.89. The Labute approximate surface area is 110 Å². The van der Waals surface area contributed by atoms with E-state index in [4.69, 9.17) is 4.74 Å². The van der Waals surface area contributed by atoms with Gasteiger partial charge in [0.15, 0.2) is 0 Å². The van der Waals surface area contributed by atoms with Crippen LogP contribution in [0.5, 0.6) is 0 Å². The van der Waals surface area contributed by atoms with Crippen LogP contribution in [-0.4, -0.2) is 38.3 Å². The molecule has 1 fully saturated rings. The quantitative estimate of drug-likeness (QED) is 0.843. The number of halogens is 2. The number of carbonyl (C=O) groups excluding carboxylic acids is 1. The molecule has 6 heteroatoms. The van der Waals surface area contributed by atoms with Gasteiger partial charge in [0.25, 0.3) is 0 Å². The lowest BCUT2D eigenvalue weighted by atomic mass is 10.1. The van der Waals surface area contributed by atoms with Crippen LogP contribution in [0, 0.1) is 11.6 Å². The van der Waals surface area contributed by atoms with Crippen LogP contribution in [-0.2, 0) is 16.0 Å². The van der Waals surface area contributed by atoms with Crippen molar-refractivity contribution in [1.82, 2.24) is 10.6 Å². The molecule has 0 aliphatic carbocycles. The molecular weight excluding hydrogens is 254 g/mol. The summed E-state index contributed by atoms with van der Waals surface area (Å²) in [4.78, 5) is 11.7. The number of hydrogen-bond acceptors (Lipinski definition) is 3. The molecule has 0 bridgehead atoms. The van der Waals surface area contributed by atoms with Crippen LogP contribution < -0.4 is 10.6 Å². The number of benzene rings is 1. The van der Waals surface area contributed by atoms with Crippen molar-refractivity contribution >= 4 is 5.91 Å². The molecule has 2 rings (SSSR count). The third kappa shape index (κ3) is 4.25. The first-order valence-corrected chi connectivity index (χ1v) is 6.17. The van der Waals surface area contributed by atoms with Gasteiger partial charge in [0, 0.05) is 25.2 Å². The second-order valence-electron chi connectivity index (χ2n) is 4.44. The van der Waals surface area contributed by atoms with Crippen LogP contribution in [0.15, 0.2) is 18.2 Å². The third-order valence-corrected chi connectivity index (χ3v) is 2.91. The van der Waals surface area contributed by atoms with Gasteiger partial charge >= 0.3 is 0 Å². The summed E-state index contributed by atoms with van der Waals surface area (Å²) in [6, 6.07) is 3.28. The van der Waals surface area contributed by atoms with Gasteiger partial charge in [0.05, 0.1) is 19.6 Å². The molecule has 2 N–H and O–H groups in total. The number of hydrogen-bond donors (Lipinski definition) is 2. The normalized spacial score (nSPS) is 19.2. The second kappa shape index (κ2) is 6.58. The Balaban J connectivity index is 1.80. The number of ether oxygens (including phenoxy) is 1. The molecule has 1 unspecified atom stereocenters. The first-order chi connectivity index (χ1) is 9.15. The lowest BCUT2D eigenvalue weighted by Gasteiger charge is -2.23. The van der Waals surface area contributed by atoms with Crippen molar-refractivity contribution in [1.29, 1.82) is 0 Å². The Kier molecular flexibility index (Phi) is 4.81. The number of rotatable bonds is 4. The molecule has 1 aliphatic heterocycles. The third-order valence-electron chi connectivity index (χ3n) is 2.91. The molecule has 1 saturated heterocycles. The van der Waals surface area contributed by atoms with Crippen LogP contribution in [0.3, 0.4) is 0 Å². The van der Waals surface area contributed by atoms with Gasteiger partial charge in [-0.3, -0.25) is 4.79 Å². The minimum absolute atomic E-state index is 0.0794. The maximum atomic E-state index is 13.4. The lowest BCUT2D eigenvalue weighted by Crippen LogP contribution is -2.48. The topological polar surface area (TPSA) is 50.4 Å². The largest absolute Gasteiger partial charge is 0.378 e. The van der Waals surface area contributed by atoms with E-state index in [2.05, 4.69) is 10.6 Å². The van der Waals surface area contributed by atoms with Gasteiger partial charge in [-0.15, -0.1) is 0 Å². The number of nitrogens with one attached hydrogen (secondary N) is 2. The molecular formula is C13H16F2N2O2. The summed E-state index contributed by atoms with van der Waals surface area (Å²) in [7, 11) is 0. The van der Waals surface area contributed by atoms with Crippen molar-refractivity contribution in [2.45, 2.75) is 12.5 Å². The van der Waals surface area contributed by atoms with Crippen LogP contribution in [0.25, 0.3) is 0 Å². The van der Waals surface area contributed by atoms with E-state index in [1.165, 1.54) is 6.07 Å². The average Bonchev–Trinajstić information content (AvgIpc) is 2.41. The number of amides is 1. The molecule has 4 nitrogen and oxygen atoms in total. The van der Waals surface area contributed by atoms with Crippen LogP contribution in [0.2, 0.25) is 0 Å². The molecule has 0 saturated carbocycles. The predicted octanol–water partition coefficient (Wildman–Crippen LogP) is 0.612. The van der Waals surface area contributed by atoms with E-state index in [0.29, 0.717) is 19.8 Å². The molecule has 104 valence electrons. The van der Waals surface area contributed by atoms with E-state index in [-0.39, 0.29) is 23.9 Å². The van der Waals surface area contributed by atoms with Gasteiger partial charge in [-0.25, -0.2) is 8.78 Å². The predicted molar refractivity (Wildman–Crippen MR) is 65.7 cm³/mol. The molecule has 0 aromatic heterocycles. The zero-order chi connectivity index (χ0) is 13.7. The second-order valence-corrected chi connectivity index (χ2v) is 4.44. The highest BCUT2D eigenvalue weighted by Gasteiger charge is 2.14. The van der Waals surface area contributed by atoms with Crippen LogP contribution in [0.1, 0.15) is 5.56 Å². The van der Waals surface area contributed by atoms with E-state index in [0.717, 1.165) is 18.7 Å². The fourth-order valence-corrected chi connectivity index (χ4v) is 1.89. The van der Waals surface area contributed by atoms with E-state index in [1.54, 1.807) is 0 Å². The maximum absolute atomic E-state index is 13.4. The maximum Gasteiger partial charge on any atom is 0.224 e. The molecule has 1 atom stereocenters. The molecule has 1 aromatic carbocycles. The summed E-state index contributed by atoms with van der Waals surface area (Å²) in [5.41, 5.74) is 0.187. The van der Waals surface area contributed by atoms with Crippen molar-refractivity contribution < 1.29 is 18.3 Å². The smallest absolute Gasteiger partial charge is 0.224 e. The summed E-state index contributed by atoms with van der Waals surface area (Å²) < 4.78 is 31.3. The van der Waals surface area contributed by atoms with Gasteiger partial charge in [-0.1, -0.05) is 6.07 Å². The summed E-state index contributed by atoms with van der Waals surface area (Å²) in [5.74, 6) is -1.64. The van der Waals surface area contributed by atoms with E-state index in [1.807, 2.05) is 0 Å². The molecule has 19 heavy (non-hydrogen) atoms. The zero-order valence-electron chi connectivity index (χ0n) is 10.4. The first-order valence-electron chi connectivity index (χ1n) is 6.17. The van der Waals surface area contributed by atoms with Gasteiger partial charge in [-0.2, -0.15) is 0 Å². The van der Waals surface area contributed by atoms with Crippen molar-refractivity contribution in [2.75, 3.05) is 26.3 Å². The van der Waals surface area contributed by atoms with Gasteiger partial charge in [0.1, 0.15) is 11.6 Å². The van der Waals surface area contributed by atoms with Crippen molar-refractivity contribution in [3.05, 3.63) is 35.4 Å². The fraction of sp³-hybridized carbons (Fsp3) is 0.462. The van der Waals surface area contributed by atoms with E-state index >= 15 is 0 Å². The van der Waals surface area contributed by atoms with Gasteiger partial charge in [0.2, 0.25) is 5.91 Å². The molecule has 0 radical (unpaired) electrons. The molecule has 0 spiro atoms. The Morgan fingerprint density at radius 3 is 3.00 bits per heavy atom. The zero-order valence-corrected chi connectivity index (χ0v) is 10.4. The first kappa shape index (κ1) is 13.9. The highest BCUT2D eigenvalue weighted by atomic mass is 19.1. The van der Waals surface area contributed by atoms with E-state index < -0.39 is 11.6 Å². The number of morpholine rings is 1. The number of carbonyl (C=O) groups is 1. The Bertz CT molecular complexity index is 448. The van der Waals surface area contributed by atoms with Crippen LogP contribution >= 0.6 is 0 Å². The van der Waals surface area contributed by atoms with Gasteiger partial charge in [-0.05, 0) is 11.6 Å². The van der Waals surface area contributed by atoms with Crippen LogP contribution in [0.4, 0.5) is 8.78 Å². The van der Waals surface area contributed by atoms with Crippen molar-refractivity contribution in [3.8, 4) is 0 Å². The minimum atomic E-state index is -0.700. The average molecular weight is 270 g/mol. The van der Waals surface area contributed by atoms with Gasteiger partial charge < -0.3 is 15.4 Å². The van der Waals surface area contributed by atoms with E-state index in [9.17, 15) is 13.6 Å². The Morgan fingerprint density at radius 2 is 2.32 bits per heavy atom. The standard InChI is InChI=1S/C13H16F2N2O2/c14-10-2-1-9(12(15)6-10)5-13(18)17-7-11-8-19-4-3-16-11/h1-2,6,11,16H,3-5,7-8H2,(H,17,18). The molecule has 1 amide bonds. The van der Waals surface area contributed by atoms with Crippen molar-refractivity contribution in [2.24, 2.45) is 0 Å². The highest BCUT2D eigenvalue weighted by molar-refractivity contribution is 5.78. The summed E-state index contributed by atoms with van der Waals surface area (Å²) in [6.07, 6.45) is -0.0975. The lowest BCUT2D eigenvalue weighted by molar-refractivity contribution is -0.120. The molecule has 1 heterocycles. The summed E-state index contributed by atoms with van der Waals surface area (Å²) >= 11 is 0. The summed E-state index contributed by atoms with van der Waals surface area (Å²) in [6.45, 7) is 2.41. The highest BCUT2D eigenvalue weighted by Crippen LogP contribution is 2.10. The summed E-state index contributed by atoms with van der Waals surface area (Å²) in [5, 5.41) is 5.89. The van der Waals surface area contributed by atoms with Crippen molar-refractivity contribution in [3.63, 3.8) is 0 Å². The Hall–Kier alpha value is -1.53. The SMILES string of the molecule is O=C(Cc1ccc(F)cc1F)NCC1COCCN1. The monoisotopic (exact) mass is 270 g/mol. The Morgan fingerprint density at radius 1 is 1.47 bits per heavy atom. The molecule has 1 aliphatic rings. The molecule has 1 aromatic rings. The minimum Gasteiger partial charge on any atom is -0.378 e.